The van der Waals surface area contributed by atoms with Gasteiger partial charge in [0.25, 0.3) is 6.71 Å². The molecule has 2 aliphatic carbocycles. The van der Waals surface area contributed by atoms with Crippen LogP contribution in [0.25, 0.3) is 0 Å². The van der Waals surface area contributed by atoms with E-state index in [1.165, 1.54) is 106 Å². The highest BCUT2D eigenvalue weighted by atomic mass is 15.2. The molecule has 400 valence electrons. The maximum Gasteiger partial charge on any atom is 0.252 e. The molecule has 0 saturated heterocycles. The molecule has 2 aliphatic heterocycles. The van der Waals surface area contributed by atoms with Crippen molar-refractivity contribution in [1.29, 1.82) is 0 Å². The van der Waals surface area contributed by atoms with Crippen LogP contribution in [0, 0.1) is 33.1 Å². The number of hydrogen-bond acceptors (Lipinski definition) is 4. The highest BCUT2D eigenvalue weighted by Gasteiger charge is 2.47. The Labute approximate surface area is 477 Å². The molecule has 9 aromatic carbocycles. The molecule has 0 radical (unpaired) electrons. The molecule has 0 saturated carbocycles. The van der Waals surface area contributed by atoms with Crippen LogP contribution in [0.4, 0.5) is 68.2 Å². The van der Waals surface area contributed by atoms with Crippen LogP contribution >= 0.6 is 0 Å². The van der Waals surface area contributed by atoms with Crippen molar-refractivity contribution in [2.75, 3.05) is 19.6 Å². The summed E-state index contributed by atoms with van der Waals surface area (Å²) >= 11 is 0. The fourth-order valence-electron chi connectivity index (χ4n) is 14.0. The summed E-state index contributed by atoms with van der Waals surface area (Å²) in [5, 5.41) is 0. The number of benzene rings is 9. The van der Waals surface area contributed by atoms with Crippen molar-refractivity contribution < 1.29 is 0 Å². The molecular formula is C75H77BN4. The maximum absolute atomic E-state index is 2.68. The maximum atomic E-state index is 2.68. The SMILES string of the molecule is Cc1ccc(N(c2ccc(C)cc2)c2ccc3c(c2)B2c4cc5c(cc4N(c4ccccc4C)c4cc(N(c6ccc(C(C)(C)C)cc6)c6ccc7c(c6)CC(C)(C)C7)cc(c42)N3c2ccccc2C)C(C)(C)CCC5(C)C)cc1. The number of nitrogens with zero attached hydrogens (tertiary/aromatic N) is 4. The van der Waals surface area contributed by atoms with E-state index >= 15 is 0 Å². The van der Waals surface area contributed by atoms with Crippen LogP contribution < -0.4 is 36.0 Å². The minimum Gasteiger partial charge on any atom is -0.311 e. The molecule has 5 heteroatoms. The summed E-state index contributed by atoms with van der Waals surface area (Å²) in [4.78, 5) is 10.3. The van der Waals surface area contributed by atoms with Crippen molar-refractivity contribution >= 4 is 91.3 Å². The average Bonchev–Trinajstić information content (AvgIpc) is 3.78. The van der Waals surface area contributed by atoms with Crippen LogP contribution in [-0.2, 0) is 29.1 Å². The van der Waals surface area contributed by atoms with Gasteiger partial charge in [-0.05, 0) is 227 Å². The van der Waals surface area contributed by atoms with Gasteiger partial charge in [-0.2, -0.15) is 0 Å². The van der Waals surface area contributed by atoms with Gasteiger partial charge in [-0.25, -0.2) is 0 Å². The highest BCUT2D eigenvalue weighted by molar-refractivity contribution is 7.00. The van der Waals surface area contributed by atoms with Gasteiger partial charge in [-0.1, -0.05) is 158 Å². The molecule has 0 atom stereocenters. The Morgan fingerprint density at radius 2 is 0.850 bits per heavy atom. The summed E-state index contributed by atoms with van der Waals surface area (Å²) in [6, 6.07) is 70.7. The van der Waals surface area contributed by atoms with Gasteiger partial charge in [-0.15, -0.1) is 0 Å². The monoisotopic (exact) mass is 1040 g/mol. The van der Waals surface area contributed by atoms with E-state index in [4.69, 9.17) is 0 Å². The van der Waals surface area contributed by atoms with E-state index in [9.17, 15) is 0 Å². The molecule has 80 heavy (non-hydrogen) atoms. The van der Waals surface area contributed by atoms with E-state index in [1.807, 2.05) is 0 Å². The summed E-state index contributed by atoms with van der Waals surface area (Å²) in [5.41, 5.74) is 30.4. The van der Waals surface area contributed by atoms with Crippen LogP contribution in [0.5, 0.6) is 0 Å². The number of rotatable bonds is 8. The molecule has 0 N–H and O–H groups in total. The average molecular weight is 1050 g/mol. The van der Waals surface area contributed by atoms with Crippen LogP contribution in [0.1, 0.15) is 125 Å². The third-order valence-corrected chi connectivity index (χ3v) is 18.6. The van der Waals surface area contributed by atoms with Crippen molar-refractivity contribution in [2.45, 2.75) is 132 Å². The summed E-state index contributed by atoms with van der Waals surface area (Å²) < 4.78 is 0. The third-order valence-electron chi connectivity index (χ3n) is 18.6. The number of fused-ring (bicyclic) bond motifs is 6. The third kappa shape index (κ3) is 8.66. The second kappa shape index (κ2) is 18.7. The van der Waals surface area contributed by atoms with Crippen LogP contribution in [-0.4, -0.2) is 6.71 Å². The fourth-order valence-corrected chi connectivity index (χ4v) is 14.0. The Morgan fingerprint density at radius 3 is 1.40 bits per heavy atom. The molecular weight excluding hydrogens is 968 g/mol. The lowest BCUT2D eigenvalue weighted by molar-refractivity contribution is 0.332. The minimum absolute atomic E-state index is 0.00529. The molecule has 2 heterocycles. The highest BCUT2D eigenvalue weighted by Crippen LogP contribution is 2.53. The molecule has 0 fully saturated rings. The fraction of sp³-hybridized carbons (Fsp3) is 0.280. The zero-order chi connectivity index (χ0) is 55.8. The van der Waals surface area contributed by atoms with Crippen LogP contribution in [0.3, 0.4) is 0 Å². The molecule has 13 rings (SSSR count). The predicted molar refractivity (Wildman–Crippen MR) is 344 cm³/mol. The molecule has 9 aromatic rings. The number of aryl methyl sites for hydroxylation is 4. The predicted octanol–water partition coefficient (Wildman–Crippen LogP) is 18.7. The van der Waals surface area contributed by atoms with E-state index in [0.717, 1.165) is 54.1 Å². The summed E-state index contributed by atoms with van der Waals surface area (Å²) in [5.74, 6) is 0. The van der Waals surface area contributed by atoms with Gasteiger partial charge in [0.1, 0.15) is 0 Å². The summed E-state index contributed by atoms with van der Waals surface area (Å²) in [7, 11) is 0. The molecule has 0 aromatic heterocycles. The van der Waals surface area contributed by atoms with Gasteiger partial charge in [0.15, 0.2) is 0 Å². The van der Waals surface area contributed by atoms with Crippen molar-refractivity contribution in [1.82, 2.24) is 0 Å². The van der Waals surface area contributed by atoms with Gasteiger partial charge in [0, 0.05) is 62.6 Å². The topological polar surface area (TPSA) is 13.0 Å². The second-order valence-corrected chi connectivity index (χ2v) is 27.2. The smallest absolute Gasteiger partial charge is 0.252 e. The zero-order valence-electron chi connectivity index (χ0n) is 49.5. The molecule has 4 aliphatic rings. The Morgan fingerprint density at radius 1 is 0.400 bits per heavy atom. The first kappa shape index (κ1) is 51.7. The van der Waals surface area contributed by atoms with Gasteiger partial charge in [0.2, 0.25) is 0 Å². The summed E-state index contributed by atoms with van der Waals surface area (Å²) in [6.07, 6.45) is 4.43. The first-order valence-electron chi connectivity index (χ1n) is 29.3. The van der Waals surface area contributed by atoms with Gasteiger partial charge in [0.05, 0.1) is 5.69 Å². The van der Waals surface area contributed by atoms with E-state index in [0.29, 0.717) is 0 Å². The molecule has 0 bridgehead atoms. The van der Waals surface area contributed by atoms with Crippen LogP contribution in [0.2, 0.25) is 0 Å². The quantitative estimate of drug-likeness (QED) is 0.141. The van der Waals surface area contributed by atoms with Crippen molar-refractivity contribution in [2.24, 2.45) is 5.41 Å². The van der Waals surface area contributed by atoms with E-state index in [1.54, 1.807) is 0 Å². The Hall–Kier alpha value is -7.76. The largest absolute Gasteiger partial charge is 0.311 e. The first-order valence-corrected chi connectivity index (χ1v) is 29.3. The van der Waals surface area contributed by atoms with E-state index in [2.05, 4.69) is 292 Å². The number of anilines is 12. The number of para-hydroxylation sites is 2. The standard InChI is InChI=1S/C75H77BN4/c1-48-22-29-55(30-23-48)77(56-31-24-49(2)25-32-56)59-36-37-67-63(41-59)76-64-44-61-62(75(12,13)39-38-74(61,10)11)45-68(64)80(66-21-17-15-19-51(66)4)70-43-60(42-69(71(70)76)79(67)65-20-16-14-18-50(65)3)78(57-34-27-54(28-35-57)72(5,6)7)58-33-26-52-46-73(8,9)47-53(52)40-58/h14-37,40-45H,38-39,46-47H2,1-13H3. The molecule has 0 spiro atoms. The van der Waals surface area contributed by atoms with Crippen LogP contribution in [0.15, 0.2) is 182 Å². The first-order chi connectivity index (χ1) is 38.1. The molecule has 4 nitrogen and oxygen atoms in total. The Bertz CT molecular complexity index is 3870. The Balaban J connectivity index is 1.16. The van der Waals surface area contributed by atoms with Gasteiger partial charge in [-0.3, -0.25) is 0 Å². The van der Waals surface area contributed by atoms with Gasteiger partial charge < -0.3 is 19.6 Å². The van der Waals surface area contributed by atoms with Crippen molar-refractivity contribution in [3.8, 4) is 0 Å². The van der Waals surface area contributed by atoms with Gasteiger partial charge >= 0.3 is 0 Å². The zero-order valence-corrected chi connectivity index (χ0v) is 49.5. The Kier molecular flexibility index (Phi) is 12.1. The lowest BCUT2D eigenvalue weighted by atomic mass is 9.33. The van der Waals surface area contributed by atoms with Crippen molar-refractivity contribution in [3.05, 3.63) is 232 Å². The lowest BCUT2D eigenvalue weighted by Crippen LogP contribution is -2.62. The minimum atomic E-state index is -0.106. The second-order valence-electron chi connectivity index (χ2n) is 27.2. The van der Waals surface area contributed by atoms with Crippen molar-refractivity contribution in [3.63, 3.8) is 0 Å². The lowest BCUT2D eigenvalue weighted by Gasteiger charge is -2.48. The number of hydrogen-bond donors (Lipinski definition) is 0. The molecule has 0 unspecified atom stereocenters. The molecule has 0 amide bonds. The van der Waals surface area contributed by atoms with E-state index in [-0.39, 0.29) is 28.4 Å². The summed E-state index contributed by atoms with van der Waals surface area (Å²) in [6.45, 7) is 30.5. The van der Waals surface area contributed by atoms with E-state index < -0.39 is 0 Å². The normalized spacial score (nSPS) is 16.1.